The highest BCUT2D eigenvalue weighted by Gasteiger charge is 1.98. The van der Waals surface area contributed by atoms with Gasteiger partial charge in [-0.05, 0) is 0 Å². The molecule has 0 aliphatic heterocycles. The van der Waals surface area contributed by atoms with E-state index in [0.717, 1.165) is 0 Å². The predicted molar refractivity (Wildman–Crippen MR) is 47.0 cm³/mol. The Morgan fingerprint density at radius 1 is 1.15 bits per heavy atom. The number of nitrogens with one attached hydrogen (secondary N) is 2. The molecule has 0 heterocycles. The smallest absolute Gasteiger partial charge is 0.227 e. The van der Waals surface area contributed by atoms with Crippen LogP contribution in [0.1, 0.15) is 19.8 Å². The first-order valence-corrected chi connectivity index (χ1v) is 4.17. The SMILES string of the molecule is CCC(=O)NCCNC(=O)CC=O. The maximum Gasteiger partial charge on any atom is 0.227 e. The summed E-state index contributed by atoms with van der Waals surface area (Å²) in [6.45, 7) is 2.51. The quantitative estimate of drug-likeness (QED) is 0.324. The van der Waals surface area contributed by atoms with Crippen molar-refractivity contribution in [3.63, 3.8) is 0 Å². The van der Waals surface area contributed by atoms with Crippen LogP contribution in [0.25, 0.3) is 0 Å². The fourth-order valence-electron chi connectivity index (χ4n) is 0.677. The van der Waals surface area contributed by atoms with Crippen molar-refractivity contribution in [3.8, 4) is 0 Å². The van der Waals surface area contributed by atoms with Gasteiger partial charge in [-0.1, -0.05) is 6.92 Å². The van der Waals surface area contributed by atoms with E-state index in [1.54, 1.807) is 6.92 Å². The van der Waals surface area contributed by atoms with Crippen LogP contribution in [0.3, 0.4) is 0 Å². The minimum absolute atomic E-state index is 0.0513. The largest absolute Gasteiger partial charge is 0.354 e. The van der Waals surface area contributed by atoms with E-state index >= 15 is 0 Å². The van der Waals surface area contributed by atoms with E-state index < -0.39 is 0 Å². The molecule has 0 atom stereocenters. The van der Waals surface area contributed by atoms with Crippen LogP contribution < -0.4 is 10.6 Å². The molecule has 2 N–H and O–H groups in total. The maximum absolute atomic E-state index is 10.7. The second-order valence-corrected chi connectivity index (χ2v) is 2.42. The average molecular weight is 186 g/mol. The van der Waals surface area contributed by atoms with Gasteiger partial charge in [-0.15, -0.1) is 0 Å². The Balaban J connectivity index is 3.30. The maximum atomic E-state index is 10.7. The van der Waals surface area contributed by atoms with E-state index in [4.69, 9.17) is 0 Å². The van der Waals surface area contributed by atoms with Gasteiger partial charge in [-0.3, -0.25) is 9.59 Å². The number of aldehydes is 1. The Morgan fingerprint density at radius 2 is 1.69 bits per heavy atom. The topological polar surface area (TPSA) is 75.3 Å². The minimum Gasteiger partial charge on any atom is -0.354 e. The van der Waals surface area contributed by atoms with Crippen molar-refractivity contribution in [2.45, 2.75) is 19.8 Å². The van der Waals surface area contributed by atoms with Crippen LogP contribution in [0, 0.1) is 0 Å². The lowest BCUT2D eigenvalue weighted by Gasteiger charge is -2.03. The van der Waals surface area contributed by atoms with Crippen LogP contribution in [-0.2, 0) is 14.4 Å². The first-order chi connectivity index (χ1) is 6.20. The molecule has 0 saturated carbocycles. The summed E-state index contributed by atoms with van der Waals surface area (Å²) in [5.74, 6) is -0.370. The summed E-state index contributed by atoms with van der Waals surface area (Å²) in [5.41, 5.74) is 0. The molecule has 0 aliphatic rings. The molecule has 0 aromatic rings. The van der Waals surface area contributed by atoms with E-state index in [1.165, 1.54) is 0 Å². The second kappa shape index (κ2) is 7.27. The summed E-state index contributed by atoms with van der Waals surface area (Å²) in [6.07, 6.45) is 0.851. The molecular weight excluding hydrogens is 172 g/mol. The van der Waals surface area contributed by atoms with Gasteiger partial charge in [0.15, 0.2) is 0 Å². The third-order valence-corrected chi connectivity index (χ3v) is 1.36. The molecule has 0 aliphatic carbocycles. The van der Waals surface area contributed by atoms with Crippen LogP contribution in [0.4, 0.5) is 0 Å². The minimum atomic E-state index is -0.319. The summed E-state index contributed by atoms with van der Waals surface area (Å²) in [4.78, 5) is 31.3. The molecule has 0 aromatic heterocycles. The lowest BCUT2D eigenvalue weighted by molar-refractivity contribution is -0.124. The summed E-state index contributed by atoms with van der Waals surface area (Å²) in [5, 5.41) is 5.07. The third kappa shape index (κ3) is 6.99. The van der Waals surface area contributed by atoms with Gasteiger partial charge in [0.25, 0.3) is 0 Å². The lowest BCUT2D eigenvalue weighted by Crippen LogP contribution is -2.34. The fraction of sp³-hybridized carbons (Fsp3) is 0.625. The van der Waals surface area contributed by atoms with Crippen LogP contribution in [0.5, 0.6) is 0 Å². The van der Waals surface area contributed by atoms with Gasteiger partial charge in [-0.25, -0.2) is 0 Å². The highest BCUT2D eigenvalue weighted by Crippen LogP contribution is 1.74. The average Bonchev–Trinajstić information content (AvgIpc) is 2.12. The number of hydrogen-bond donors (Lipinski definition) is 2. The van der Waals surface area contributed by atoms with Crippen molar-refractivity contribution < 1.29 is 14.4 Å². The Hall–Kier alpha value is -1.39. The number of hydrogen-bond acceptors (Lipinski definition) is 3. The van der Waals surface area contributed by atoms with E-state index in [1.807, 2.05) is 0 Å². The Kier molecular flexibility index (Phi) is 6.49. The van der Waals surface area contributed by atoms with Gasteiger partial charge in [-0.2, -0.15) is 0 Å². The van der Waals surface area contributed by atoms with Crippen LogP contribution in [0.15, 0.2) is 0 Å². The van der Waals surface area contributed by atoms with Crippen molar-refractivity contribution in [2.75, 3.05) is 13.1 Å². The lowest BCUT2D eigenvalue weighted by atomic mass is 10.4. The van der Waals surface area contributed by atoms with Gasteiger partial charge in [0, 0.05) is 19.5 Å². The van der Waals surface area contributed by atoms with Crippen LogP contribution in [0.2, 0.25) is 0 Å². The van der Waals surface area contributed by atoms with Crippen molar-refractivity contribution in [1.29, 1.82) is 0 Å². The molecule has 74 valence electrons. The zero-order chi connectivity index (χ0) is 10.1. The first kappa shape index (κ1) is 11.6. The Bertz CT molecular complexity index is 192. The predicted octanol–water partition coefficient (Wildman–Crippen LogP) is -0.782. The monoisotopic (exact) mass is 186 g/mol. The summed E-state index contributed by atoms with van der Waals surface area (Å²) >= 11 is 0. The highest BCUT2D eigenvalue weighted by molar-refractivity contribution is 5.87. The van der Waals surface area contributed by atoms with Crippen molar-refractivity contribution in [3.05, 3.63) is 0 Å². The standard InChI is InChI=1S/C8H14N2O3/c1-2-7(12)9-4-5-10-8(13)3-6-11/h6H,2-5H2,1H3,(H,9,12)(H,10,13). The molecule has 0 bridgehead atoms. The molecule has 0 unspecified atom stereocenters. The van der Waals surface area contributed by atoms with Gasteiger partial charge >= 0.3 is 0 Å². The van der Waals surface area contributed by atoms with Gasteiger partial charge in [0.05, 0.1) is 6.42 Å². The number of carbonyl (C=O) groups is 3. The van der Waals surface area contributed by atoms with Crippen molar-refractivity contribution >= 4 is 18.1 Å². The molecule has 2 amide bonds. The molecular formula is C8H14N2O3. The zero-order valence-electron chi connectivity index (χ0n) is 7.63. The molecule has 5 heteroatoms. The highest BCUT2D eigenvalue weighted by atomic mass is 16.2. The molecule has 0 rings (SSSR count). The van der Waals surface area contributed by atoms with E-state index in [0.29, 0.717) is 25.8 Å². The molecule has 0 fully saturated rings. The molecule has 0 spiro atoms. The van der Waals surface area contributed by atoms with Crippen LogP contribution in [-0.4, -0.2) is 31.2 Å². The number of amides is 2. The van der Waals surface area contributed by atoms with E-state index in [9.17, 15) is 14.4 Å². The number of rotatable bonds is 6. The molecule has 0 aromatic carbocycles. The first-order valence-electron chi connectivity index (χ1n) is 4.17. The zero-order valence-corrected chi connectivity index (χ0v) is 7.63. The van der Waals surface area contributed by atoms with Gasteiger partial charge in [0.2, 0.25) is 11.8 Å². The molecule has 5 nitrogen and oxygen atoms in total. The summed E-state index contributed by atoms with van der Waals surface area (Å²) in [7, 11) is 0. The summed E-state index contributed by atoms with van der Waals surface area (Å²) in [6, 6.07) is 0. The molecule has 0 radical (unpaired) electrons. The van der Waals surface area contributed by atoms with Crippen molar-refractivity contribution in [2.24, 2.45) is 0 Å². The molecule has 0 saturated heterocycles. The van der Waals surface area contributed by atoms with Gasteiger partial charge < -0.3 is 15.4 Å². The Labute approximate surface area is 76.9 Å². The fourth-order valence-corrected chi connectivity index (χ4v) is 0.677. The number of carbonyl (C=O) groups excluding carboxylic acids is 3. The van der Waals surface area contributed by atoms with E-state index in [-0.39, 0.29) is 18.2 Å². The van der Waals surface area contributed by atoms with E-state index in [2.05, 4.69) is 10.6 Å². The second-order valence-electron chi connectivity index (χ2n) is 2.42. The van der Waals surface area contributed by atoms with Gasteiger partial charge in [0.1, 0.15) is 6.29 Å². The van der Waals surface area contributed by atoms with Crippen LogP contribution >= 0.6 is 0 Å². The van der Waals surface area contributed by atoms with Crippen molar-refractivity contribution in [1.82, 2.24) is 10.6 Å². The Morgan fingerprint density at radius 3 is 2.15 bits per heavy atom. The summed E-state index contributed by atoms with van der Waals surface area (Å²) < 4.78 is 0. The normalized spacial score (nSPS) is 9.00. The third-order valence-electron chi connectivity index (χ3n) is 1.36. The molecule has 13 heavy (non-hydrogen) atoms.